The Labute approximate surface area is 161 Å². The molecule has 152 valence electrons. The maximum Gasteiger partial charge on any atom is 0.191 e. The lowest BCUT2D eigenvalue weighted by molar-refractivity contribution is 0.299. The molecule has 8 nitrogen and oxygen atoms in total. The fourth-order valence-electron chi connectivity index (χ4n) is 2.89. The Morgan fingerprint density at radius 1 is 1.11 bits per heavy atom. The van der Waals surface area contributed by atoms with E-state index < -0.39 is 9.84 Å². The Hall–Kier alpha value is -2.00. The molecule has 1 aromatic carbocycles. The first-order chi connectivity index (χ1) is 13.0. The molecular weight excluding hydrogens is 368 g/mol. The van der Waals surface area contributed by atoms with Crippen LogP contribution in [0, 0.1) is 0 Å². The molecule has 0 saturated carbocycles. The standard InChI is InChI=1S/C18H30N4O4S/c1-19-18(21-8-9-22-10-12-27(23,24)13-11-22)20-7-6-15-4-5-16(25-2)17(14-15)26-3/h4-5,14H,6-13H2,1-3H3,(H2,19,20,21). The Balaban J connectivity index is 1.70. The van der Waals surface area contributed by atoms with Gasteiger partial charge in [-0.1, -0.05) is 6.07 Å². The second kappa shape index (κ2) is 10.4. The summed E-state index contributed by atoms with van der Waals surface area (Å²) in [5, 5.41) is 6.55. The van der Waals surface area contributed by atoms with Gasteiger partial charge >= 0.3 is 0 Å². The maximum absolute atomic E-state index is 11.4. The minimum atomic E-state index is -2.82. The molecule has 0 amide bonds. The van der Waals surface area contributed by atoms with Crippen molar-refractivity contribution in [1.82, 2.24) is 15.5 Å². The maximum atomic E-state index is 11.4. The van der Waals surface area contributed by atoms with E-state index in [4.69, 9.17) is 9.47 Å². The normalized spacial score (nSPS) is 17.4. The van der Waals surface area contributed by atoms with Gasteiger partial charge in [-0.25, -0.2) is 8.42 Å². The third-order valence-corrected chi connectivity index (χ3v) is 6.14. The molecule has 2 N–H and O–H groups in total. The largest absolute Gasteiger partial charge is 0.493 e. The Morgan fingerprint density at radius 2 is 1.78 bits per heavy atom. The highest BCUT2D eigenvalue weighted by atomic mass is 32.2. The molecule has 9 heteroatoms. The summed E-state index contributed by atoms with van der Waals surface area (Å²) >= 11 is 0. The number of methoxy groups -OCH3 is 2. The van der Waals surface area contributed by atoms with Crippen LogP contribution in [-0.4, -0.2) is 84.8 Å². The number of benzene rings is 1. The molecule has 1 heterocycles. The number of nitrogens with zero attached hydrogens (tertiary/aromatic N) is 2. The number of guanidine groups is 1. The number of aliphatic imine (C=N–C) groups is 1. The number of hydrogen-bond donors (Lipinski definition) is 2. The Bertz CT molecular complexity index is 723. The SMILES string of the molecule is CN=C(NCCc1ccc(OC)c(OC)c1)NCCN1CCS(=O)(=O)CC1. The van der Waals surface area contributed by atoms with Crippen LogP contribution in [0.5, 0.6) is 11.5 Å². The zero-order valence-corrected chi connectivity index (χ0v) is 17.1. The molecule has 0 unspecified atom stereocenters. The summed E-state index contributed by atoms with van der Waals surface area (Å²) < 4.78 is 33.5. The first kappa shape index (κ1) is 21.3. The van der Waals surface area contributed by atoms with Crippen LogP contribution in [-0.2, 0) is 16.3 Å². The van der Waals surface area contributed by atoms with E-state index in [1.807, 2.05) is 18.2 Å². The summed E-state index contributed by atoms with van der Waals surface area (Å²) in [4.78, 5) is 6.38. The van der Waals surface area contributed by atoms with Crippen LogP contribution in [0.15, 0.2) is 23.2 Å². The fraction of sp³-hybridized carbons (Fsp3) is 0.611. The lowest BCUT2D eigenvalue weighted by Crippen LogP contribution is -2.46. The molecular formula is C18H30N4O4S. The number of nitrogens with one attached hydrogen (secondary N) is 2. The topological polar surface area (TPSA) is 92.3 Å². The second-order valence-corrected chi connectivity index (χ2v) is 8.66. The summed E-state index contributed by atoms with van der Waals surface area (Å²) in [6, 6.07) is 5.89. The minimum absolute atomic E-state index is 0.255. The first-order valence-corrected chi connectivity index (χ1v) is 10.9. The smallest absolute Gasteiger partial charge is 0.191 e. The highest BCUT2D eigenvalue weighted by Gasteiger charge is 2.20. The second-order valence-electron chi connectivity index (χ2n) is 6.36. The van der Waals surface area contributed by atoms with Gasteiger partial charge in [0, 0.05) is 39.8 Å². The molecule has 1 aromatic rings. The van der Waals surface area contributed by atoms with Crippen LogP contribution < -0.4 is 20.1 Å². The van der Waals surface area contributed by atoms with Gasteiger partial charge in [-0.3, -0.25) is 9.89 Å². The Kier molecular flexibility index (Phi) is 8.18. The van der Waals surface area contributed by atoms with Crippen molar-refractivity contribution in [3.05, 3.63) is 23.8 Å². The van der Waals surface area contributed by atoms with Gasteiger partial charge in [0.25, 0.3) is 0 Å². The van der Waals surface area contributed by atoms with E-state index in [1.54, 1.807) is 21.3 Å². The third kappa shape index (κ3) is 6.91. The van der Waals surface area contributed by atoms with Crippen LogP contribution in [0.2, 0.25) is 0 Å². The molecule has 27 heavy (non-hydrogen) atoms. The highest BCUT2D eigenvalue weighted by molar-refractivity contribution is 7.91. The van der Waals surface area contributed by atoms with Crippen molar-refractivity contribution in [3.63, 3.8) is 0 Å². The van der Waals surface area contributed by atoms with Crippen molar-refractivity contribution in [1.29, 1.82) is 0 Å². The predicted octanol–water partition coefficient (Wildman–Crippen LogP) is 0.142. The highest BCUT2D eigenvalue weighted by Crippen LogP contribution is 2.27. The monoisotopic (exact) mass is 398 g/mol. The lowest BCUT2D eigenvalue weighted by atomic mass is 10.1. The zero-order valence-electron chi connectivity index (χ0n) is 16.3. The van der Waals surface area contributed by atoms with Gasteiger partial charge in [0.05, 0.1) is 25.7 Å². The van der Waals surface area contributed by atoms with Crippen LogP contribution in [0.3, 0.4) is 0 Å². The van der Waals surface area contributed by atoms with Gasteiger partial charge in [-0.15, -0.1) is 0 Å². The molecule has 1 saturated heterocycles. The van der Waals surface area contributed by atoms with Crippen LogP contribution >= 0.6 is 0 Å². The molecule has 0 aromatic heterocycles. The predicted molar refractivity (Wildman–Crippen MR) is 108 cm³/mol. The summed E-state index contributed by atoms with van der Waals surface area (Å²) in [7, 11) is 2.16. The van der Waals surface area contributed by atoms with E-state index in [-0.39, 0.29) is 11.5 Å². The molecule has 0 radical (unpaired) electrons. The Morgan fingerprint density at radius 3 is 2.41 bits per heavy atom. The minimum Gasteiger partial charge on any atom is -0.493 e. The number of sulfone groups is 1. The van der Waals surface area contributed by atoms with Gasteiger partial charge in [0.1, 0.15) is 0 Å². The third-order valence-electron chi connectivity index (χ3n) is 4.54. The van der Waals surface area contributed by atoms with E-state index in [1.165, 1.54) is 0 Å². The summed E-state index contributed by atoms with van der Waals surface area (Å²) in [5.41, 5.74) is 1.14. The van der Waals surface area contributed by atoms with Gasteiger partial charge in [-0.05, 0) is 24.1 Å². The lowest BCUT2D eigenvalue weighted by Gasteiger charge is -2.26. The summed E-state index contributed by atoms with van der Waals surface area (Å²) in [6.45, 7) is 3.46. The van der Waals surface area contributed by atoms with E-state index in [2.05, 4.69) is 20.5 Å². The summed E-state index contributed by atoms with van der Waals surface area (Å²) in [5.74, 6) is 2.69. The number of rotatable bonds is 8. The van der Waals surface area contributed by atoms with E-state index in [0.29, 0.717) is 13.1 Å². The van der Waals surface area contributed by atoms with Crippen molar-refractivity contribution in [3.8, 4) is 11.5 Å². The molecule has 0 spiro atoms. The number of ether oxygens (including phenoxy) is 2. The first-order valence-electron chi connectivity index (χ1n) is 9.05. The average molecular weight is 399 g/mol. The van der Waals surface area contributed by atoms with Gasteiger partial charge in [-0.2, -0.15) is 0 Å². The molecule has 0 aliphatic carbocycles. The molecule has 1 aliphatic heterocycles. The summed E-state index contributed by atoms with van der Waals surface area (Å²) in [6.07, 6.45) is 0.824. The van der Waals surface area contributed by atoms with Crippen molar-refractivity contribution in [2.24, 2.45) is 4.99 Å². The van der Waals surface area contributed by atoms with Crippen molar-refractivity contribution in [2.45, 2.75) is 6.42 Å². The van der Waals surface area contributed by atoms with Crippen molar-refractivity contribution >= 4 is 15.8 Å². The fourth-order valence-corrected chi connectivity index (χ4v) is 4.17. The van der Waals surface area contributed by atoms with Gasteiger partial charge in [0.15, 0.2) is 27.3 Å². The van der Waals surface area contributed by atoms with Crippen LogP contribution in [0.1, 0.15) is 5.56 Å². The van der Waals surface area contributed by atoms with Gasteiger partial charge < -0.3 is 20.1 Å². The van der Waals surface area contributed by atoms with Gasteiger partial charge in [0.2, 0.25) is 0 Å². The molecule has 2 rings (SSSR count). The van der Waals surface area contributed by atoms with Crippen LogP contribution in [0.4, 0.5) is 0 Å². The number of hydrogen-bond acceptors (Lipinski definition) is 6. The van der Waals surface area contributed by atoms with Crippen molar-refractivity contribution < 1.29 is 17.9 Å². The van der Waals surface area contributed by atoms with Crippen LogP contribution in [0.25, 0.3) is 0 Å². The molecule has 0 bridgehead atoms. The molecule has 0 atom stereocenters. The quantitative estimate of drug-likeness (QED) is 0.475. The van der Waals surface area contributed by atoms with E-state index in [0.717, 1.165) is 49.1 Å². The molecule has 1 fully saturated rings. The van der Waals surface area contributed by atoms with Crippen molar-refractivity contribution in [2.75, 3.05) is 65.5 Å². The van der Waals surface area contributed by atoms with E-state index >= 15 is 0 Å². The molecule has 1 aliphatic rings. The average Bonchev–Trinajstić information content (AvgIpc) is 2.67. The zero-order chi connectivity index (χ0) is 19.7. The van der Waals surface area contributed by atoms with E-state index in [9.17, 15) is 8.42 Å².